The highest BCUT2D eigenvalue weighted by Crippen LogP contribution is 2.24. The van der Waals surface area contributed by atoms with Crippen molar-refractivity contribution in [3.63, 3.8) is 0 Å². The number of hydrogen-bond donors (Lipinski definition) is 0. The van der Waals surface area contributed by atoms with Gasteiger partial charge in [0, 0.05) is 23.9 Å². The topological polar surface area (TPSA) is 30.2 Å². The van der Waals surface area contributed by atoms with Crippen molar-refractivity contribution in [2.75, 3.05) is 0 Å². The van der Waals surface area contributed by atoms with Crippen molar-refractivity contribution in [2.45, 2.75) is 11.5 Å². The highest BCUT2D eigenvalue weighted by Gasteiger charge is 2.09. The number of imidazole rings is 1. The number of benzene rings is 1. The van der Waals surface area contributed by atoms with Gasteiger partial charge < -0.3 is 0 Å². The second-order valence-electron chi connectivity index (χ2n) is 4.12. The molecule has 0 saturated heterocycles. The van der Waals surface area contributed by atoms with Crippen LogP contribution < -0.4 is 0 Å². The fourth-order valence-electron chi connectivity index (χ4n) is 1.84. The zero-order valence-corrected chi connectivity index (χ0v) is 14.7. The highest BCUT2D eigenvalue weighted by molar-refractivity contribution is 9.10. The van der Waals surface area contributed by atoms with Crippen LogP contribution in [0.15, 0.2) is 53.4 Å². The molecule has 0 bridgehead atoms. The molecule has 1 aromatic carbocycles. The number of halogens is 2. The van der Waals surface area contributed by atoms with Gasteiger partial charge >= 0.3 is 0 Å². The molecule has 0 fully saturated rings. The maximum absolute atomic E-state index is 4.53. The van der Waals surface area contributed by atoms with Crippen molar-refractivity contribution >= 4 is 50.5 Å². The third-order valence-electron chi connectivity index (χ3n) is 2.76. The molecule has 6 heteroatoms. The Morgan fingerprint density at radius 1 is 1.10 bits per heavy atom. The summed E-state index contributed by atoms with van der Waals surface area (Å²) in [6, 6.07) is 12.4. The van der Waals surface area contributed by atoms with E-state index in [-0.39, 0.29) is 17.0 Å². The lowest BCUT2D eigenvalue weighted by molar-refractivity contribution is 1.09. The standard InChI is InChI=1S/C14H12BrN3S.BrH/c15-13-12(17-14-16-7-4-8-18(13)14)10-19-9-11-5-2-1-3-6-11;/h1-8H,9-10H2;1H. The van der Waals surface area contributed by atoms with E-state index in [0.717, 1.165) is 27.6 Å². The van der Waals surface area contributed by atoms with Gasteiger partial charge in [0.05, 0.1) is 5.69 Å². The Hall–Kier alpha value is -0.850. The van der Waals surface area contributed by atoms with E-state index in [9.17, 15) is 0 Å². The van der Waals surface area contributed by atoms with Gasteiger partial charge in [-0.05, 0) is 27.6 Å². The van der Waals surface area contributed by atoms with Crippen LogP contribution in [0.5, 0.6) is 0 Å². The molecule has 0 saturated carbocycles. The van der Waals surface area contributed by atoms with Crippen LogP contribution in [0.1, 0.15) is 11.3 Å². The largest absolute Gasteiger partial charge is 0.278 e. The molecule has 20 heavy (non-hydrogen) atoms. The van der Waals surface area contributed by atoms with Gasteiger partial charge in [0.1, 0.15) is 4.60 Å². The van der Waals surface area contributed by atoms with E-state index < -0.39 is 0 Å². The van der Waals surface area contributed by atoms with Gasteiger partial charge in [0.2, 0.25) is 5.78 Å². The van der Waals surface area contributed by atoms with E-state index in [1.54, 1.807) is 6.20 Å². The minimum atomic E-state index is 0. The first-order valence-electron chi connectivity index (χ1n) is 5.94. The summed E-state index contributed by atoms with van der Waals surface area (Å²) in [6.45, 7) is 0. The van der Waals surface area contributed by atoms with E-state index >= 15 is 0 Å². The SMILES string of the molecule is Br.Brc1c(CSCc2ccccc2)nc2ncccn12. The fourth-order valence-corrected chi connectivity index (χ4v) is 3.45. The van der Waals surface area contributed by atoms with Crippen molar-refractivity contribution in [1.29, 1.82) is 0 Å². The summed E-state index contributed by atoms with van der Waals surface area (Å²) in [4.78, 5) is 8.77. The Morgan fingerprint density at radius 2 is 1.90 bits per heavy atom. The average Bonchev–Trinajstić information content (AvgIpc) is 2.78. The lowest BCUT2D eigenvalue weighted by Crippen LogP contribution is -1.86. The van der Waals surface area contributed by atoms with Crippen molar-refractivity contribution in [3.05, 3.63) is 64.7 Å². The van der Waals surface area contributed by atoms with Gasteiger partial charge in [-0.3, -0.25) is 4.40 Å². The van der Waals surface area contributed by atoms with Crippen LogP contribution in [0.2, 0.25) is 0 Å². The molecule has 0 aliphatic rings. The number of aromatic nitrogens is 3. The minimum absolute atomic E-state index is 0. The van der Waals surface area contributed by atoms with Crippen LogP contribution in [-0.4, -0.2) is 14.4 Å². The van der Waals surface area contributed by atoms with Gasteiger partial charge in [-0.25, -0.2) is 9.97 Å². The molecule has 0 amide bonds. The fraction of sp³-hybridized carbons (Fsp3) is 0.143. The molecule has 104 valence electrons. The molecule has 3 nitrogen and oxygen atoms in total. The predicted molar refractivity (Wildman–Crippen MR) is 92.5 cm³/mol. The summed E-state index contributed by atoms with van der Waals surface area (Å²) in [6.07, 6.45) is 3.72. The monoisotopic (exact) mass is 413 g/mol. The Bertz CT molecular complexity index is 685. The predicted octanol–water partition coefficient (Wildman–Crippen LogP) is 4.50. The third kappa shape index (κ3) is 3.42. The van der Waals surface area contributed by atoms with Crippen molar-refractivity contribution in [1.82, 2.24) is 14.4 Å². The summed E-state index contributed by atoms with van der Waals surface area (Å²) < 4.78 is 2.95. The Morgan fingerprint density at radius 3 is 2.65 bits per heavy atom. The summed E-state index contributed by atoms with van der Waals surface area (Å²) in [5.74, 6) is 2.61. The zero-order chi connectivity index (χ0) is 13.1. The molecule has 0 spiro atoms. The van der Waals surface area contributed by atoms with Crippen molar-refractivity contribution in [2.24, 2.45) is 0 Å². The number of thioether (sulfide) groups is 1. The van der Waals surface area contributed by atoms with Gasteiger partial charge in [0.15, 0.2) is 0 Å². The first-order chi connectivity index (χ1) is 9.34. The second kappa shape index (κ2) is 7.24. The van der Waals surface area contributed by atoms with Gasteiger partial charge in [0.25, 0.3) is 0 Å². The van der Waals surface area contributed by atoms with E-state index in [4.69, 9.17) is 0 Å². The van der Waals surface area contributed by atoms with Gasteiger partial charge in [-0.2, -0.15) is 11.8 Å². The number of fused-ring (bicyclic) bond motifs is 1. The van der Waals surface area contributed by atoms with Crippen LogP contribution in [-0.2, 0) is 11.5 Å². The number of hydrogen-bond acceptors (Lipinski definition) is 3. The van der Waals surface area contributed by atoms with Gasteiger partial charge in [-0.1, -0.05) is 30.3 Å². The molecule has 0 aliphatic heterocycles. The first-order valence-corrected chi connectivity index (χ1v) is 7.88. The van der Waals surface area contributed by atoms with Crippen molar-refractivity contribution < 1.29 is 0 Å². The highest BCUT2D eigenvalue weighted by atomic mass is 79.9. The maximum Gasteiger partial charge on any atom is 0.234 e. The van der Waals surface area contributed by atoms with Crippen LogP contribution in [0.25, 0.3) is 5.78 Å². The van der Waals surface area contributed by atoms with E-state index in [1.165, 1.54) is 5.56 Å². The molecule has 0 radical (unpaired) electrons. The molecule has 3 rings (SSSR count). The average molecular weight is 415 g/mol. The number of nitrogens with zero attached hydrogens (tertiary/aromatic N) is 3. The minimum Gasteiger partial charge on any atom is -0.278 e. The summed E-state index contributed by atoms with van der Waals surface area (Å²) >= 11 is 5.44. The van der Waals surface area contributed by atoms with E-state index in [1.807, 2.05) is 34.5 Å². The van der Waals surface area contributed by atoms with E-state index in [2.05, 4.69) is 50.2 Å². The van der Waals surface area contributed by atoms with Crippen LogP contribution in [0, 0.1) is 0 Å². The third-order valence-corrected chi connectivity index (χ3v) is 4.62. The van der Waals surface area contributed by atoms with Crippen LogP contribution >= 0.6 is 44.7 Å². The molecule has 2 heterocycles. The summed E-state index contributed by atoms with van der Waals surface area (Å²) in [7, 11) is 0. The van der Waals surface area contributed by atoms with Gasteiger partial charge in [-0.15, -0.1) is 17.0 Å². The lowest BCUT2D eigenvalue weighted by Gasteiger charge is -2.00. The first kappa shape index (κ1) is 15.5. The van der Waals surface area contributed by atoms with Crippen LogP contribution in [0.3, 0.4) is 0 Å². The zero-order valence-electron chi connectivity index (χ0n) is 10.6. The Balaban J connectivity index is 0.00000147. The normalized spacial score (nSPS) is 10.4. The summed E-state index contributed by atoms with van der Waals surface area (Å²) in [5.41, 5.74) is 2.38. The summed E-state index contributed by atoms with van der Waals surface area (Å²) in [5, 5.41) is 0. The quantitative estimate of drug-likeness (QED) is 0.629. The Kier molecular flexibility index (Phi) is 5.63. The molecule has 2 aromatic heterocycles. The second-order valence-corrected chi connectivity index (χ2v) is 5.85. The molecular formula is C14H13Br2N3S. The molecule has 3 aromatic rings. The molecular weight excluding hydrogens is 402 g/mol. The number of rotatable bonds is 4. The van der Waals surface area contributed by atoms with E-state index in [0.29, 0.717) is 0 Å². The molecule has 0 unspecified atom stereocenters. The van der Waals surface area contributed by atoms with Crippen LogP contribution in [0.4, 0.5) is 0 Å². The maximum atomic E-state index is 4.53. The molecule has 0 aliphatic carbocycles. The molecule has 0 N–H and O–H groups in total. The van der Waals surface area contributed by atoms with Crippen molar-refractivity contribution in [3.8, 4) is 0 Å². The Labute approximate surface area is 140 Å². The lowest BCUT2D eigenvalue weighted by atomic mass is 10.2. The smallest absolute Gasteiger partial charge is 0.234 e. The molecule has 0 atom stereocenters.